The molecule has 0 unspecified atom stereocenters. The highest BCUT2D eigenvalue weighted by atomic mass is 16.4. The third-order valence-corrected chi connectivity index (χ3v) is 5.59. The van der Waals surface area contributed by atoms with E-state index in [0.29, 0.717) is 17.2 Å². The van der Waals surface area contributed by atoms with Crippen LogP contribution in [0.1, 0.15) is 28.9 Å². The summed E-state index contributed by atoms with van der Waals surface area (Å²) >= 11 is 0. The van der Waals surface area contributed by atoms with E-state index in [4.69, 9.17) is 10.8 Å². The van der Waals surface area contributed by atoms with Gasteiger partial charge in [0.05, 0.1) is 18.4 Å². The second-order valence-corrected chi connectivity index (χ2v) is 8.35. The van der Waals surface area contributed by atoms with Crippen LogP contribution >= 0.6 is 0 Å². The number of aromatic nitrogens is 4. The van der Waals surface area contributed by atoms with Crippen LogP contribution in [0.5, 0.6) is 0 Å². The van der Waals surface area contributed by atoms with E-state index in [2.05, 4.69) is 30.6 Å². The number of hydrogen-bond acceptors (Lipinski definition) is 10. The summed E-state index contributed by atoms with van der Waals surface area (Å²) in [5, 5.41) is 23.7. The number of hydrogen-bond donors (Lipinski definition) is 6. The van der Waals surface area contributed by atoms with Crippen LogP contribution in [0.3, 0.4) is 0 Å². The van der Waals surface area contributed by atoms with Crippen molar-refractivity contribution < 1.29 is 24.6 Å². The number of amides is 1. The molecule has 0 spiro atoms. The van der Waals surface area contributed by atoms with Gasteiger partial charge in [-0.3, -0.25) is 19.4 Å². The van der Waals surface area contributed by atoms with Crippen LogP contribution in [0.4, 0.5) is 11.6 Å². The SMILES string of the molecule is Nc1nc2ncc(CN(C3=CC=CC=CN3)c3ccc(C(=O)N[C@@H](CCC(=O)O)C(=O)O)cc3)nc2c(=O)[nH]1. The maximum atomic E-state index is 12.7. The van der Waals surface area contributed by atoms with Gasteiger partial charge in [-0.2, -0.15) is 4.98 Å². The smallest absolute Gasteiger partial charge is 0.326 e. The molecule has 14 heteroatoms. The molecule has 14 nitrogen and oxygen atoms in total. The van der Waals surface area contributed by atoms with Gasteiger partial charge >= 0.3 is 11.9 Å². The van der Waals surface area contributed by atoms with E-state index in [9.17, 15) is 24.3 Å². The van der Waals surface area contributed by atoms with Crippen molar-refractivity contribution in [2.45, 2.75) is 25.4 Å². The van der Waals surface area contributed by atoms with E-state index >= 15 is 0 Å². The third-order valence-electron chi connectivity index (χ3n) is 5.59. The van der Waals surface area contributed by atoms with E-state index in [0.717, 1.165) is 0 Å². The fourth-order valence-corrected chi connectivity index (χ4v) is 3.70. The first kappa shape index (κ1) is 26.5. The number of anilines is 2. The molecule has 3 aromatic rings. The first-order valence-electron chi connectivity index (χ1n) is 11.7. The Morgan fingerprint density at radius 2 is 1.85 bits per heavy atom. The lowest BCUT2D eigenvalue weighted by Crippen LogP contribution is -2.41. The summed E-state index contributed by atoms with van der Waals surface area (Å²) in [4.78, 5) is 64.0. The van der Waals surface area contributed by atoms with E-state index in [1.165, 1.54) is 18.3 Å². The Balaban J connectivity index is 1.60. The molecule has 0 fully saturated rings. The maximum absolute atomic E-state index is 12.7. The first-order chi connectivity index (χ1) is 18.7. The quantitative estimate of drug-likeness (QED) is 0.214. The molecular formula is C25H24N8O6. The van der Waals surface area contributed by atoms with Crippen molar-refractivity contribution in [3.63, 3.8) is 0 Å². The average molecular weight is 533 g/mol. The maximum Gasteiger partial charge on any atom is 0.326 e. The third kappa shape index (κ3) is 6.62. The number of nitrogen functional groups attached to an aromatic ring is 1. The monoisotopic (exact) mass is 532 g/mol. The summed E-state index contributed by atoms with van der Waals surface area (Å²) in [5.41, 5.74) is 6.48. The molecular weight excluding hydrogens is 508 g/mol. The number of rotatable bonds is 10. The summed E-state index contributed by atoms with van der Waals surface area (Å²) in [5.74, 6) is -2.55. The van der Waals surface area contributed by atoms with Crippen LogP contribution in [-0.2, 0) is 16.1 Å². The van der Waals surface area contributed by atoms with Crippen LogP contribution in [0, 0.1) is 0 Å². The highest BCUT2D eigenvalue weighted by Crippen LogP contribution is 2.22. The molecule has 2 aromatic heterocycles. The number of benzene rings is 1. The number of H-pyrrole nitrogens is 1. The van der Waals surface area contributed by atoms with Crippen molar-refractivity contribution >= 4 is 40.6 Å². The molecule has 1 amide bonds. The number of nitrogens with zero attached hydrogens (tertiary/aromatic N) is 4. The van der Waals surface area contributed by atoms with Gasteiger partial charge in [0.2, 0.25) is 5.95 Å². The molecule has 1 aliphatic heterocycles. The normalized spacial score (nSPS) is 13.2. The van der Waals surface area contributed by atoms with E-state index < -0.39 is 35.9 Å². The van der Waals surface area contributed by atoms with Crippen molar-refractivity contribution in [2.75, 3.05) is 10.6 Å². The Morgan fingerprint density at radius 1 is 1.08 bits per heavy atom. The summed E-state index contributed by atoms with van der Waals surface area (Å²) in [6.07, 6.45) is 9.86. The number of fused-ring (bicyclic) bond motifs is 1. The van der Waals surface area contributed by atoms with Crippen molar-refractivity contribution in [3.05, 3.63) is 88.4 Å². The van der Waals surface area contributed by atoms with Crippen molar-refractivity contribution in [1.29, 1.82) is 0 Å². The fourth-order valence-electron chi connectivity index (χ4n) is 3.70. The number of allylic oxidation sites excluding steroid dienone is 4. The number of carbonyl (C=O) groups is 3. The standard InChI is InChI=1S/C25H24N8O6/c26-25-31-21-20(23(37)32-25)29-15(12-28-21)13-33(18-4-2-1-3-11-27-18)16-7-5-14(6-8-16)22(36)30-17(24(38)39)9-10-19(34)35/h1-8,11-12,17,27H,9-10,13H2,(H,30,36)(H,34,35)(H,38,39)(H3,26,28,31,32,37)/t17-/m0/s1. The molecule has 1 aromatic carbocycles. The number of carbonyl (C=O) groups excluding carboxylic acids is 1. The molecule has 4 rings (SSSR count). The van der Waals surface area contributed by atoms with E-state index in [1.54, 1.807) is 18.3 Å². The van der Waals surface area contributed by atoms with Gasteiger partial charge in [-0.05, 0) is 42.8 Å². The molecule has 0 saturated carbocycles. The van der Waals surface area contributed by atoms with Crippen LogP contribution in [0.2, 0.25) is 0 Å². The molecule has 0 bridgehead atoms. The predicted octanol–water partition coefficient (Wildman–Crippen LogP) is 0.864. The summed E-state index contributed by atoms with van der Waals surface area (Å²) in [7, 11) is 0. The van der Waals surface area contributed by atoms with Crippen LogP contribution in [0.15, 0.2) is 71.6 Å². The summed E-state index contributed by atoms with van der Waals surface area (Å²) in [6, 6.07) is 5.00. The van der Waals surface area contributed by atoms with E-state index in [-0.39, 0.29) is 35.6 Å². The van der Waals surface area contributed by atoms with Crippen LogP contribution in [0.25, 0.3) is 11.2 Å². The molecule has 0 saturated heterocycles. The largest absolute Gasteiger partial charge is 0.481 e. The summed E-state index contributed by atoms with van der Waals surface area (Å²) in [6.45, 7) is 0.176. The highest BCUT2D eigenvalue weighted by molar-refractivity contribution is 5.97. The minimum atomic E-state index is -1.34. The highest BCUT2D eigenvalue weighted by Gasteiger charge is 2.22. The predicted molar refractivity (Wildman–Crippen MR) is 140 cm³/mol. The second-order valence-electron chi connectivity index (χ2n) is 8.35. The van der Waals surface area contributed by atoms with Gasteiger partial charge in [-0.25, -0.2) is 14.8 Å². The lowest BCUT2D eigenvalue weighted by atomic mass is 10.1. The number of carboxylic acid groups (broad SMARTS) is 2. The van der Waals surface area contributed by atoms with Gasteiger partial charge in [0.25, 0.3) is 11.5 Å². The van der Waals surface area contributed by atoms with Gasteiger partial charge in [-0.15, -0.1) is 0 Å². The second kappa shape index (κ2) is 11.7. The van der Waals surface area contributed by atoms with Crippen molar-refractivity contribution in [1.82, 2.24) is 30.6 Å². The number of nitrogens with two attached hydrogens (primary N) is 1. The zero-order valence-corrected chi connectivity index (χ0v) is 20.4. The lowest BCUT2D eigenvalue weighted by Gasteiger charge is -2.27. The topological polar surface area (TPSA) is 217 Å². The first-order valence-corrected chi connectivity index (χ1v) is 11.7. The summed E-state index contributed by atoms with van der Waals surface area (Å²) < 4.78 is 0. The Bertz CT molecular complexity index is 1560. The Labute approximate surface area is 220 Å². The zero-order chi connectivity index (χ0) is 27.9. The average Bonchev–Trinajstić information content (AvgIpc) is 3.19. The van der Waals surface area contributed by atoms with Gasteiger partial charge in [0, 0.05) is 23.9 Å². The fraction of sp³-hybridized carbons (Fsp3) is 0.160. The minimum Gasteiger partial charge on any atom is -0.481 e. The van der Waals surface area contributed by atoms with Gasteiger partial charge < -0.3 is 31.5 Å². The minimum absolute atomic E-state index is 0.0344. The number of aromatic amines is 1. The zero-order valence-electron chi connectivity index (χ0n) is 20.4. The Hall–Kier alpha value is -5.53. The van der Waals surface area contributed by atoms with Gasteiger partial charge in [-0.1, -0.05) is 12.2 Å². The molecule has 39 heavy (non-hydrogen) atoms. The van der Waals surface area contributed by atoms with Crippen molar-refractivity contribution in [3.8, 4) is 0 Å². The number of carboxylic acids is 2. The number of nitrogens with one attached hydrogen (secondary N) is 3. The molecule has 0 aliphatic carbocycles. The van der Waals surface area contributed by atoms with Gasteiger partial charge in [0.15, 0.2) is 11.2 Å². The molecule has 1 aliphatic rings. The molecule has 1 atom stereocenters. The molecule has 7 N–H and O–H groups in total. The lowest BCUT2D eigenvalue weighted by molar-refractivity contribution is -0.140. The van der Waals surface area contributed by atoms with Crippen LogP contribution < -0.4 is 26.8 Å². The van der Waals surface area contributed by atoms with E-state index in [1.807, 2.05) is 29.2 Å². The Kier molecular flexibility index (Phi) is 7.95. The molecule has 200 valence electrons. The van der Waals surface area contributed by atoms with Gasteiger partial charge in [0.1, 0.15) is 11.9 Å². The molecule has 0 radical (unpaired) electrons. The Morgan fingerprint density at radius 3 is 2.56 bits per heavy atom. The van der Waals surface area contributed by atoms with Crippen molar-refractivity contribution in [2.24, 2.45) is 0 Å². The van der Waals surface area contributed by atoms with Crippen LogP contribution in [-0.4, -0.2) is 54.0 Å². The molecule has 3 heterocycles. The number of aliphatic carboxylic acids is 2.